The van der Waals surface area contributed by atoms with Gasteiger partial charge < -0.3 is 14.8 Å². The van der Waals surface area contributed by atoms with Gasteiger partial charge in [0.05, 0.1) is 13.2 Å². The number of rotatable bonds is 0. The van der Waals surface area contributed by atoms with E-state index in [1.807, 2.05) is 0 Å². The highest BCUT2D eigenvalue weighted by molar-refractivity contribution is 5.03. The molecule has 2 heterocycles. The summed E-state index contributed by atoms with van der Waals surface area (Å²) in [6.45, 7) is 4.04. The molecule has 0 bridgehead atoms. The van der Waals surface area contributed by atoms with Crippen LogP contribution in [-0.4, -0.2) is 32.1 Å². The van der Waals surface area contributed by atoms with E-state index < -0.39 is 0 Å². The molecule has 1 saturated carbocycles. The van der Waals surface area contributed by atoms with Gasteiger partial charge in [0, 0.05) is 18.9 Å². The van der Waals surface area contributed by atoms with E-state index in [2.05, 4.69) is 5.32 Å². The third kappa shape index (κ3) is 0.817. The lowest BCUT2D eigenvalue weighted by Gasteiger charge is -2.52. The van der Waals surface area contributed by atoms with Crippen LogP contribution in [-0.2, 0) is 9.47 Å². The lowest BCUT2D eigenvalue weighted by atomic mass is 9.69. The van der Waals surface area contributed by atoms with Crippen molar-refractivity contribution >= 4 is 0 Å². The minimum Gasteiger partial charge on any atom is -0.349 e. The van der Waals surface area contributed by atoms with Gasteiger partial charge in [-0.15, -0.1) is 0 Å². The summed E-state index contributed by atoms with van der Waals surface area (Å²) >= 11 is 0. The number of nitrogens with one attached hydrogen (secondary N) is 1. The summed E-state index contributed by atoms with van der Waals surface area (Å²) < 4.78 is 11.5. The fourth-order valence-electron chi connectivity index (χ4n) is 2.74. The standard InChI is InChI=1S/C9H15NO2/c1-2-11-9(12-3-1)4-7-5-10-6-8(7)9/h7-8,10H,1-6H2. The Labute approximate surface area is 72.4 Å². The van der Waals surface area contributed by atoms with Crippen molar-refractivity contribution in [2.24, 2.45) is 11.8 Å². The van der Waals surface area contributed by atoms with Gasteiger partial charge in [0.25, 0.3) is 0 Å². The van der Waals surface area contributed by atoms with Crippen LogP contribution >= 0.6 is 0 Å². The molecule has 0 aromatic carbocycles. The third-order valence-electron chi connectivity index (χ3n) is 3.43. The van der Waals surface area contributed by atoms with Gasteiger partial charge in [-0.1, -0.05) is 0 Å². The molecule has 2 unspecified atom stereocenters. The molecule has 0 aromatic heterocycles. The minimum atomic E-state index is -0.160. The van der Waals surface area contributed by atoms with Crippen LogP contribution in [0, 0.1) is 11.8 Å². The van der Waals surface area contributed by atoms with E-state index in [1.165, 1.54) is 6.54 Å². The Kier molecular flexibility index (Phi) is 1.48. The average Bonchev–Trinajstić information content (AvgIpc) is 2.49. The monoisotopic (exact) mass is 169 g/mol. The summed E-state index contributed by atoms with van der Waals surface area (Å²) in [6, 6.07) is 0. The van der Waals surface area contributed by atoms with Gasteiger partial charge in [0.15, 0.2) is 5.79 Å². The summed E-state index contributed by atoms with van der Waals surface area (Å²) in [5.74, 6) is 1.30. The van der Waals surface area contributed by atoms with Gasteiger partial charge in [0.2, 0.25) is 0 Å². The van der Waals surface area contributed by atoms with E-state index in [0.717, 1.165) is 38.5 Å². The van der Waals surface area contributed by atoms with E-state index >= 15 is 0 Å². The van der Waals surface area contributed by atoms with Crippen LogP contribution in [0.2, 0.25) is 0 Å². The molecule has 2 atom stereocenters. The molecule has 1 N–H and O–H groups in total. The number of hydrogen-bond acceptors (Lipinski definition) is 3. The normalized spacial score (nSPS) is 44.0. The molecule has 1 spiro atoms. The molecule has 3 aliphatic rings. The van der Waals surface area contributed by atoms with E-state index in [9.17, 15) is 0 Å². The largest absolute Gasteiger partial charge is 0.349 e. The van der Waals surface area contributed by atoms with Crippen molar-refractivity contribution in [2.45, 2.75) is 18.6 Å². The first-order valence-electron chi connectivity index (χ1n) is 4.89. The molecule has 0 aromatic rings. The highest BCUT2D eigenvalue weighted by Gasteiger charge is 2.58. The van der Waals surface area contributed by atoms with Gasteiger partial charge in [-0.25, -0.2) is 0 Å². The van der Waals surface area contributed by atoms with Crippen LogP contribution in [0.4, 0.5) is 0 Å². The van der Waals surface area contributed by atoms with Crippen molar-refractivity contribution in [1.29, 1.82) is 0 Å². The lowest BCUT2D eigenvalue weighted by Crippen LogP contribution is -2.59. The van der Waals surface area contributed by atoms with Crippen LogP contribution in [0.1, 0.15) is 12.8 Å². The molecule has 2 saturated heterocycles. The third-order valence-corrected chi connectivity index (χ3v) is 3.43. The zero-order valence-corrected chi connectivity index (χ0v) is 7.21. The van der Waals surface area contributed by atoms with Crippen molar-refractivity contribution in [3.05, 3.63) is 0 Å². The molecule has 12 heavy (non-hydrogen) atoms. The SMILES string of the molecule is C1COC2(CC3CNCC32)OC1. The van der Waals surface area contributed by atoms with Crippen molar-refractivity contribution in [3.8, 4) is 0 Å². The second-order valence-corrected chi connectivity index (χ2v) is 4.09. The predicted octanol–water partition coefficient (Wildman–Crippen LogP) is 0.359. The molecule has 68 valence electrons. The molecular formula is C9H15NO2. The molecule has 3 nitrogen and oxygen atoms in total. The Balaban J connectivity index is 1.75. The Morgan fingerprint density at radius 1 is 1.17 bits per heavy atom. The van der Waals surface area contributed by atoms with Crippen molar-refractivity contribution in [1.82, 2.24) is 5.32 Å². The van der Waals surface area contributed by atoms with Crippen LogP contribution in [0.15, 0.2) is 0 Å². The molecule has 2 aliphatic heterocycles. The van der Waals surface area contributed by atoms with E-state index in [-0.39, 0.29) is 5.79 Å². The first-order valence-corrected chi connectivity index (χ1v) is 4.89. The first-order chi connectivity index (χ1) is 5.91. The Morgan fingerprint density at radius 3 is 2.75 bits per heavy atom. The second-order valence-electron chi connectivity index (χ2n) is 4.09. The summed E-state index contributed by atoms with van der Waals surface area (Å²) in [5, 5.41) is 3.40. The minimum absolute atomic E-state index is 0.160. The maximum atomic E-state index is 5.75. The summed E-state index contributed by atoms with van der Waals surface area (Å²) in [4.78, 5) is 0. The summed E-state index contributed by atoms with van der Waals surface area (Å²) in [7, 11) is 0. The maximum Gasteiger partial charge on any atom is 0.172 e. The molecule has 0 radical (unpaired) electrons. The average molecular weight is 169 g/mol. The Bertz CT molecular complexity index is 189. The quantitative estimate of drug-likeness (QED) is 0.568. The van der Waals surface area contributed by atoms with Crippen molar-refractivity contribution < 1.29 is 9.47 Å². The van der Waals surface area contributed by atoms with Crippen LogP contribution in [0.5, 0.6) is 0 Å². The van der Waals surface area contributed by atoms with Crippen LogP contribution in [0.3, 0.4) is 0 Å². The van der Waals surface area contributed by atoms with E-state index in [1.54, 1.807) is 0 Å². The lowest BCUT2D eigenvalue weighted by molar-refractivity contribution is -0.343. The smallest absolute Gasteiger partial charge is 0.172 e. The van der Waals surface area contributed by atoms with Gasteiger partial charge in [-0.05, 0) is 18.9 Å². The highest BCUT2D eigenvalue weighted by Crippen LogP contribution is 2.50. The van der Waals surface area contributed by atoms with Crippen LogP contribution in [0.25, 0.3) is 0 Å². The summed E-state index contributed by atoms with van der Waals surface area (Å²) in [5.41, 5.74) is 0. The topological polar surface area (TPSA) is 30.5 Å². The number of fused-ring (bicyclic) bond motifs is 2. The number of hydrogen-bond donors (Lipinski definition) is 1. The fourth-order valence-corrected chi connectivity index (χ4v) is 2.74. The van der Waals surface area contributed by atoms with E-state index in [4.69, 9.17) is 9.47 Å². The predicted molar refractivity (Wildman–Crippen MR) is 43.7 cm³/mol. The zero-order chi connectivity index (χ0) is 8.02. The molecule has 3 heteroatoms. The van der Waals surface area contributed by atoms with Crippen molar-refractivity contribution in [3.63, 3.8) is 0 Å². The Hall–Kier alpha value is -0.120. The van der Waals surface area contributed by atoms with Gasteiger partial charge in [-0.2, -0.15) is 0 Å². The first kappa shape index (κ1) is 7.30. The molecule has 3 rings (SSSR count). The molecule has 3 fully saturated rings. The maximum absolute atomic E-state index is 5.75. The molecule has 1 aliphatic carbocycles. The Morgan fingerprint density at radius 2 is 2.00 bits per heavy atom. The molecular weight excluding hydrogens is 154 g/mol. The van der Waals surface area contributed by atoms with E-state index in [0.29, 0.717) is 5.92 Å². The highest BCUT2D eigenvalue weighted by atomic mass is 16.7. The number of ether oxygens (including phenoxy) is 2. The summed E-state index contributed by atoms with van der Waals surface area (Å²) in [6.07, 6.45) is 2.18. The van der Waals surface area contributed by atoms with Gasteiger partial charge in [-0.3, -0.25) is 0 Å². The zero-order valence-electron chi connectivity index (χ0n) is 7.21. The van der Waals surface area contributed by atoms with Gasteiger partial charge >= 0.3 is 0 Å². The van der Waals surface area contributed by atoms with Gasteiger partial charge in [0.1, 0.15) is 0 Å². The fraction of sp³-hybridized carbons (Fsp3) is 1.00. The molecule has 0 amide bonds. The second kappa shape index (κ2) is 2.44. The van der Waals surface area contributed by atoms with Crippen LogP contribution < -0.4 is 5.32 Å². The van der Waals surface area contributed by atoms with Crippen molar-refractivity contribution in [2.75, 3.05) is 26.3 Å².